The molecule has 0 saturated heterocycles. The zero-order chi connectivity index (χ0) is 15.2. The third kappa shape index (κ3) is 3.34. The third-order valence-electron chi connectivity index (χ3n) is 2.94. The van der Waals surface area contributed by atoms with Gasteiger partial charge in [0.2, 0.25) is 0 Å². The zero-order valence-corrected chi connectivity index (χ0v) is 12.1. The van der Waals surface area contributed by atoms with Gasteiger partial charge in [0, 0.05) is 0 Å². The van der Waals surface area contributed by atoms with Crippen LogP contribution in [0.25, 0.3) is 11.1 Å². The van der Waals surface area contributed by atoms with Gasteiger partial charge in [-0.2, -0.15) is 0 Å². The maximum atomic E-state index is 10.9. The van der Waals surface area contributed by atoms with Gasteiger partial charge < -0.3 is 14.6 Å². The minimum absolute atomic E-state index is 0.247. The van der Waals surface area contributed by atoms with Gasteiger partial charge in [-0.1, -0.05) is 12.1 Å². The summed E-state index contributed by atoms with van der Waals surface area (Å²) in [6.45, 7) is 4.88. The molecule has 4 nitrogen and oxygen atoms in total. The van der Waals surface area contributed by atoms with Crippen molar-refractivity contribution in [1.29, 1.82) is 0 Å². The number of hydrogen-bond donors (Lipinski definition) is 1. The van der Waals surface area contributed by atoms with Crippen LogP contribution in [0, 0.1) is 6.07 Å². The van der Waals surface area contributed by atoms with Crippen molar-refractivity contribution in [2.75, 3.05) is 13.2 Å². The van der Waals surface area contributed by atoms with Crippen LogP contribution in [0.4, 0.5) is 0 Å². The van der Waals surface area contributed by atoms with E-state index in [-0.39, 0.29) is 5.56 Å². The van der Waals surface area contributed by atoms with Gasteiger partial charge in [-0.15, -0.1) is 0 Å². The van der Waals surface area contributed by atoms with Gasteiger partial charge >= 0.3 is 5.97 Å². The summed E-state index contributed by atoms with van der Waals surface area (Å²) in [7, 11) is 0. The molecule has 0 bridgehead atoms. The van der Waals surface area contributed by atoms with E-state index < -0.39 is 5.97 Å². The van der Waals surface area contributed by atoms with Crippen LogP contribution in [0.1, 0.15) is 24.2 Å². The lowest BCUT2D eigenvalue weighted by molar-refractivity contribution is 0.0697. The molecule has 1 radical (unpaired) electrons. The highest BCUT2D eigenvalue weighted by atomic mass is 16.5. The van der Waals surface area contributed by atoms with Crippen molar-refractivity contribution in [3.8, 4) is 22.6 Å². The van der Waals surface area contributed by atoms with E-state index in [0.717, 1.165) is 11.1 Å². The largest absolute Gasteiger partial charge is 0.493 e. The van der Waals surface area contributed by atoms with Crippen LogP contribution in [0.15, 0.2) is 36.4 Å². The molecule has 0 fully saturated rings. The Kier molecular flexibility index (Phi) is 4.82. The molecule has 1 N–H and O–H groups in total. The number of carboxylic acid groups (broad SMARTS) is 1. The maximum absolute atomic E-state index is 10.9. The lowest BCUT2D eigenvalue weighted by Crippen LogP contribution is -2.00. The Morgan fingerprint density at radius 2 is 1.57 bits per heavy atom. The fraction of sp³-hybridized carbons (Fsp3) is 0.235. The molecule has 2 aromatic rings. The fourth-order valence-electron chi connectivity index (χ4n) is 2.06. The molecule has 2 aromatic carbocycles. The van der Waals surface area contributed by atoms with Crippen LogP contribution in [-0.4, -0.2) is 24.3 Å². The van der Waals surface area contributed by atoms with E-state index in [9.17, 15) is 4.79 Å². The Labute approximate surface area is 123 Å². The molecule has 0 aliphatic carbocycles. The minimum atomic E-state index is -0.946. The molecule has 4 heteroatoms. The summed E-state index contributed by atoms with van der Waals surface area (Å²) in [6, 6.07) is 13.2. The van der Waals surface area contributed by atoms with Crippen LogP contribution in [0.5, 0.6) is 11.5 Å². The Hall–Kier alpha value is -2.49. The number of hydrogen-bond acceptors (Lipinski definition) is 3. The number of benzene rings is 2. The molecular formula is C17H17O4. The molecule has 0 unspecified atom stereocenters. The van der Waals surface area contributed by atoms with Gasteiger partial charge in [0.25, 0.3) is 0 Å². The Morgan fingerprint density at radius 1 is 1.05 bits per heavy atom. The fourth-order valence-corrected chi connectivity index (χ4v) is 2.06. The van der Waals surface area contributed by atoms with E-state index >= 15 is 0 Å². The van der Waals surface area contributed by atoms with E-state index in [2.05, 4.69) is 6.07 Å². The predicted molar refractivity (Wildman–Crippen MR) is 80.0 cm³/mol. The maximum Gasteiger partial charge on any atom is 0.335 e. The first-order chi connectivity index (χ1) is 10.2. The zero-order valence-electron chi connectivity index (χ0n) is 12.1. The number of rotatable bonds is 6. The number of aromatic carboxylic acids is 1. The van der Waals surface area contributed by atoms with Crippen molar-refractivity contribution in [2.45, 2.75) is 13.8 Å². The summed E-state index contributed by atoms with van der Waals surface area (Å²) < 4.78 is 11.3. The van der Waals surface area contributed by atoms with Crippen molar-refractivity contribution in [1.82, 2.24) is 0 Å². The summed E-state index contributed by atoms with van der Waals surface area (Å²) >= 11 is 0. The second kappa shape index (κ2) is 6.79. The normalized spacial score (nSPS) is 10.2. The van der Waals surface area contributed by atoms with Crippen molar-refractivity contribution < 1.29 is 19.4 Å². The van der Waals surface area contributed by atoms with Gasteiger partial charge in [-0.3, -0.25) is 0 Å². The highest BCUT2D eigenvalue weighted by Crippen LogP contribution is 2.38. The van der Waals surface area contributed by atoms with Crippen LogP contribution in [-0.2, 0) is 0 Å². The molecule has 0 amide bonds. The van der Waals surface area contributed by atoms with Crippen molar-refractivity contribution in [2.24, 2.45) is 0 Å². The van der Waals surface area contributed by atoms with Gasteiger partial charge in [-0.25, -0.2) is 4.79 Å². The first-order valence-electron chi connectivity index (χ1n) is 6.80. The summed E-state index contributed by atoms with van der Waals surface area (Å²) in [5.41, 5.74) is 1.91. The molecule has 0 spiro atoms. The van der Waals surface area contributed by atoms with E-state index in [1.54, 1.807) is 36.4 Å². The number of carboxylic acids is 1. The average molecular weight is 285 g/mol. The molecule has 0 aliphatic heterocycles. The Balaban J connectivity index is 2.51. The van der Waals surface area contributed by atoms with Gasteiger partial charge in [-0.05, 0) is 49.7 Å². The van der Waals surface area contributed by atoms with Crippen LogP contribution < -0.4 is 9.47 Å². The topological polar surface area (TPSA) is 55.8 Å². The first-order valence-corrected chi connectivity index (χ1v) is 6.80. The SMILES string of the molecule is CCOc1c[c]cc(OCC)c1-c1ccc(C(=O)O)cc1. The summed E-state index contributed by atoms with van der Waals surface area (Å²) in [5, 5.41) is 8.97. The molecular weight excluding hydrogens is 268 g/mol. The number of carbonyl (C=O) groups is 1. The van der Waals surface area contributed by atoms with E-state index in [0.29, 0.717) is 24.7 Å². The molecule has 21 heavy (non-hydrogen) atoms. The van der Waals surface area contributed by atoms with Crippen molar-refractivity contribution in [3.63, 3.8) is 0 Å². The smallest absolute Gasteiger partial charge is 0.335 e. The molecule has 0 aromatic heterocycles. The Bertz CT molecular complexity index is 593. The van der Waals surface area contributed by atoms with E-state index in [1.165, 1.54) is 0 Å². The van der Waals surface area contributed by atoms with Crippen LogP contribution in [0.2, 0.25) is 0 Å². The molecule has 0 atom stereocenters. The monoisotopic (exact) mass is 285 g/mol. The predicted octanol–water partition coefficient (Wildman–Crippen LogP) is 3.65. The van der Waals surface area contributed by atoms with Crippen LogP contribution >= 0.6 is 0 Å². The quantitative estimate of drug-likeness (QED) is 0.880. The number of ether oxygens (including phenoxy) is 2. The summed E-state index contributed by atoms with van der Waals surface area (Å²) in [5.74, 6) is 0.399. The molecule has 0 saturated carbocycles. The van der Waals surface area contributed by atoms with Crippen LogP contribution in [0.3, 0.4) is 0 Å². The van der Waals surface area contributed by atoms with E-state index in [1.807, 2.05) is 13.8 Å². The lowest BCUT2D eigenvalue weighted by atomic mass is 10.0. The summed E-state index contributed by atoms with van der Waals surface area (Å²) in [6.07, 6.45) is 0. The lowest BCUT2D eigenvalue weighted by Gasteiger charge is -2.15. The molecule has 109 valence electrons. The van der Waals surface area contributed by atoms with Gasteiger partial charge in [0.1, 0.15) is 11.5 Å². The van der Waals surface area contributed by atoms with Gasteiger partial charge in [0.15, 0.2) is 0 Å². The molecule has 0 heterocycles. The average Bonchev–Trinajstić information content (AvgIpc) is 2.48. The van der Waals surface area contributed by atoms with Gasteiger partial charge in [0.05, 0.1) is 24.3 Å². The first kappa shape index (κ1) is 14.9. The Morgan fingerprint density at radius 3 is 2.00 bits per heavy atom. The second-order valence-electron chi connectivity index (χ2n) is 4.31. The third-order valence-corrected chi connectivity index (χ3v) is 2.94. The standard InChI is InChI=1S/C17H17O4/c1-3-20-14-6-5-7-15(21-4-2)16(14)12-8-10-13(11-9-12)17(18)19/h6-11H,3-4H2,1-2H3,(H,18,19). The van der Waals surface area contributed by atoms with Crippen molar-refractivity contribution >= 4 is 5.97 Å². The molecule has 0 aliphatic rings. The highest BCUT2D eigenvalue weighted by Gasteiger charge is 2.14. The summed E-state index contributed by atoms with van der Waals surface area (Å²) in [4.78, 5) is 10.9. The minimum Gasteiger partial charge on any atom is -0.493 e. The van der Waals surface area contributed by atoms with E-state index in [4.69, 9.17) is 14.6 Å². The second-order valence-corrected chi connectivity index (χ2v) is 4.31. The van der Waals surface area contributed by atoms with Crippen molar-refractivity contribution in [3.05, 3.63) is 48.0 Å². The molecule has 2 rings (SSSR count). The highest BCUT2D eigenvalue weighted by molar-refractivity contribution is 5.89.